The van der Waals surface area contributed by atoms with E-state index in [1.165, 1.54) is 0 Å². The molecule has 1 saturated carbocycles. The summed E-state index contributed by atoms with van der Waals surface area (Å²) in [6.45, 7) is 4.10. The summed E-state index contributed by atoms with van der Waals surface area (Å²) < 4.78 is 12.1. The minimum absolute atomic E-state index is 0.330. The molecule has 3 rings (SSSR count). The Kier molecular flexibility index (Phi) is 4.55. The number of aromatic nitrogens is 2. The quantitative estimate of drug-likeness (QED) is 0.828. The fraction of sp³-hybridized carbons (Fsp3) is 0.467. The summed E-state index contributed by atoms with van der Waals surface area (Å²) in [4.78, 5) is 4.37. The van der Waals surface area contributed by atoms with E-state index in [1.54, 1.807) is 0 Å². The van der Waals surface area contributed by atoms with Crippen molar-refractivity contribution in [1.82, 2.24) is 15.5 Å². The van der Waals surface area contributed by atoms with Crippen LogP contribution in [0.25, 0.3) is 0 Å². The molecule has 2 aromatic rings. The number of halogens is 1. The summed E-state index contributed by atoms with van der Waals surface area (Å²) in [5.41, 5.74) is 1.11. The van der Waals surface area contributed by atoms with Crippen LogP contribution >= 0.6 is 15.9 Å². The van der Waals surface area contributed by atoms with Crippen LogP contribution in [0.2, 0.25) is 0 Å². The van der Waals surface area contributed by atoms with Crippen molar-refractivity contribution in [1.29, 1.82) is 0 Å². The SMILES string of the molecule is CCNCc1cc(Br)ccc1OCc1noc(C2CC2)n1. The van der Waals surface area contributed by atoms with Crippen LogP contribution in [0.4, 0.5) is 0 Å². The molecule has 1 N–H and O–H groups in total. The van der Waals surface area contributed by atoms with Crippen LogP contribution in [0, 0.1) is 0 Å². The highest BCUT2D eigenvalue weighted by molar-refractivity contribution is 9.10. The molecule has 1 aliphatic rings. The molecular formula is C15H18BrN3O2. The lowest BCUT2D eigenvalue weighted by Crippen LogP contribution is -2.13. The minimum Gasteiger partial charge on any atom is -0.485 e. The highest BCUT2D eigenvalue weighted by atomic mass is 79.9. The summed E-state index contributed by atoms with van der Waals surface area (Å²) in [6, 6.07) is 5.99. The van der Waals surface area contributed by atoms with Gasteiger partial charge in [-0.3, -0.25) is 0 Å². The zero-order chi connectivity index (χ0) is 14.7. The monoisotopic (exact) mass is 351 g/mol. The second-order valence-corrected chi connectivity index (χ2v) is 6.06. The van der Waals surface area contributed by atoms with Crippen molar-refractivity contribution in [2.75, 3.05) is 6.54 Å². The summed E-state index contributed by atoms with van der Waals surface area (Å²) >= 11 is 3.49. The van der Waals surface area contributed by atoms with Crippen molar-refractivity contribution >= 4 is 15.9 Å². The smallest absolute Gasteiger partial charge is 0.229 e. The molecule has 1 fully saturated rings. The van der Waals surface area contributed by atoms with Gasteiger partial charge < -0.3 is 14.6 Å². The van der Waals surface area contributed by atoms with Gasteiger partial charge in [-0.15, -0.1) is 0 Å². The van der Waals surface area contributed by atoms with Crippen molar-refractivity contribution in [3.05, 3.63) is 40.0 Å². The van der Waals surface area contributed by atoms with Gasteiger partial charge in [-0.2, -0.15) is 4.98 Å². The maximum absolute atomic E-state index is 5.84. The highest BCUT2D eigenvalue weighted by Gasteiger charge is 2.29. The first-order chi connectivity index (χ1) is 10.3. The zero-order valence-electron chi connectivity index (χ0n) is 11.9. The normalized spacial score (nSPS) is 14.4. The average molecular weight is 352 g/mol. The molecule has 5 nitrogen and oxygen atoms in total. The largest absolute Gasteiger partial charge is 0.485 e. The minimum atomic E-state index is 0.330. The summed E-state index contributed by atoms with van der Waals surface area (Å²) in [7, 11) is 0. The maximum atomic E-state index is 5.84. The van der Waals surface area contributed by atoms with E-state index in [2.05, 4.69) is 44.4 Å². The molecule has 0 aliphatic heterocycles. The molecule has 0 amide bonds. The van der Waals surface area contributed by atoms with E-state index in [0.29, 0.717) is 18.3 Å². The fourth-order valence-corrected chi connectivity index (χ4v) is 2.46. The molecular weight excluding hydrogens is 334 g/mol. The molecule has 112 valence electrons. The second kappa shape index (κ2) is 6.58. The molecule has 1 aromatic carbocycles. The summed E-state index contributed by atoms with van der Waals surface area (Å²) in [6.07, 6.45) is 2.31. The van der Waals surface area contributed by atoms with E-state index < -0.39 is 0 Å². The third-order valence-electron chi connectivity index (χ3n) is 3.36. The van der Waals surface area contributed by atoms with Crippen LogP contribution in [0.1, 0.15) is 43.0 Å². The number of hydrogen-bond donors (Lipinski definition) is 1. The number of ether oxygens (including phenoxy) is 1. The molecule has 1 heterocycles. The molecule has 21 heavy (non-hydrogen) atoms. The lowest BCUT2D eigenvalue weighted by atomic mass is 10.2. The lowest BCUT2D eigenvalue weighted by Gasteiger charge is -2.11. The first-order valence-electron chi connectivity index (χ1n) is 7.20. The van der Waals surface area contributed by atoms with Gasteiger partial charge >= 0.3 is 0 Å². The van der Waals surface area contributed by atoms with E-state index in [0.717, 1.165) is 47.6 Å². The van der Waals surface area contributed by atoms with Crippen LogP contribution in [0.15, 0.2) is 27.2 Å². The Morgan fingerprint density at radius 1 is 1.43 bits per heavy atom. The summed E-state index contributed by atoms with van der Waals surface area (Å²) in [5.74, 6) is 2.67. The van der Waals surface area contributed by atoms with Crippen LogP contribution in [0.3, 0.4) is 0 Å². The number of benzene rings is 1. The third kappa shape index (κ3) is 3.83. The van der Waals surface area contributed by atoms with Gasteiger partial charge in [-0.05, 0) is 37.6 Å². The molecule has 6 heteroatoms. The van der Waals surface area contributed by atoms with Crippen molar-refractivity contribution in [3.8, 4) is 5.75 Å². The van der Waals surface area contributed by atoms with Gasteiger partial charge in [0.05, 0.1) is 0 Å². The van der Waals surface area contributed by atoms with Crippen molar-refractivity contribution < 1.29 is 9.26 Å². The van der Waals surface area contributed by atoms with Gasteiger partial charge in [-0.1, -0.05) is 28.0 Å². The van der Waals surface area contributed by atoms with Crippen molar-refractivity contribution in [2.45, 2.75) is 38.8 Å². The van der Waals surface area contributed by atoms with Crippen LogP contribution < -0.4 is 10.1 Å². The predicted molar refractivity (Wildman–Crippen MR) is 82.1 cm³/mol. The summed E-state index contributed by atoms with van der Waals surface area (Å²) in [5, 5.41) is 7.27. The van der Waals surface area contributed by atoms with E-state index in [1.807, 2.05) is 12.1 Å². The van der Waals surface area contributed by atoms with E-state index in [4.69, 9.17) is 9.26 Å². The Bertz CT molecular complexity index is 611. The van der Waals surface area contributed by atoms with Gasteiger partial charge in [0.2, 0.25) is 11.7 Å². The highest BCUT2D eigenvalue weighted by Crippen LogP contribution is 2.38. The Morgan fingerprint density at radius 3 is 3.05 bits per heavy atom. The van der Waals surface area contributed by atoms with Crippen LogP contribution in [0.5, 0.6) is 5.75 Å². The standard InChI is InChI=1S/C15H18BrN3O2/c1-2-17-8-11-7-12(16)5-6-13(11)20-9-14-18-15(21-19-14)10-3-4-10/h5-7,10,17H,2-4,8-9H2,1H3. The number of nitrogens with zero attached hydrogens (tertiary/aromatic N) is 2. The molecule has 1 aromatic heterocycles. The van der Waals surface area contributed by atoms with Gasteiger partial charge in [0.25, 0.3) is 0 Å². The topological polar surface area (TPSA) is 60.2 Å². The molecule has 0 unspecified atom stereocenters. The van der Waals surface area contributed by atoms with E-state index >= 15 is 0 Å². The molecule has 0 bridgehead atoms. The molecule has 0 atom stereocenters. The molecule has 1 aliphatic carbocycles. The van der Waals surface area contributed by atoms with Gasteiger partial charge in [0, 0.05) is 22.5 Å². The first-order valence-corrected chi connectivity index (χ1v) is 8.00. The molecule has 0 saturated heterocycles. The number of rotatable bonds is 7. The Morgan fingerprint density at radius 2 is 2.29 bits per heavy atom. The Balaban J connectivity index is 1.65. The first kappa shape index (κ1) is 14.5. The Labute approximate surface area is 132 Å². The fourth-order valence-electron chi connectivity index (χ4n) is 2.05. The Hall–Kier alpha value is -1.40. The predicted octanol–water partition coefficient (Wildman–Crippen LogP) is 3.40. The number of hydrogen-bond acceptors (Lipinski definition) is 5. The van der Waals surface area contributed by atoms with Gasteiger partial charge in [0.15, 0.2) is 6.61 Å². The van der Waals surface area contributed by atoms with Gasteiger partial charge in [0.1, 0.15) is 5.75 Å². The molecule has 0 spiro atoms. The van der Waals surface area contributed by atoms with E-state index in [-0.39, 0.29) is 0 Å². The van der Waals surface area contributed by atoms with Gasteiger partial charge in [-0.25, -0.2) is 0 Å². The van der Waals surface area contributed by atoms with E-state index in [9.17, 15) is 0 Å². The lowest BCUT2D eigenvalue weighted by molar-refractivity contribution is 0.282. The maximum Gasteiger partial charge on any atom is 0.229 e. The zero-order valence-corrected chi connectivity index (χ0v) is 13.5. The third-order valence-corrected chi connectivity index (χ3v) is 3.85. The van der Waals surface area contributed by atoms with Crippen LogP contribution in [-0.2, 0) is 13.2 Å². The average Bonchev–Trinajstić information content (AvgIpc) is 3.23. The van der Waals surface area contributed by atoms with Crippen molar-refractivity contribution in [2.24, 2.45) is 0 Å². The van der Waals surface area contributed by atoms with Crippen molar-refractivity contribution in [3.63, 3.8) is 0 Å². The molecule has 0 radical (unpaired) electrons. The number of nitrogens with one attached hydrogen (secondary N) is 1. The second-order valence-electron chi connectivity index (χ2n) is 5.14. The van der Waals surface area contributed by atoms with Crippen LogP contribution in [-0.4, -0.2) is 16.7 Å².